The van der Waals surface area contributed by atoms with Crippen molar-refractivity contribution < 1.29 is 9.90 Å². The SMILES string of the molecule is CCC1(n2nnnc2C)C=CC=CC1C(=O)O. The smallest absolute Gasteiger partial charge is 0.313 e. The average molecular weight is 234 g/mol. The van der Waals surface area contributed by atoms with Gasteiger partial charge in [0.05, 0.1) is 0 Å². The van der Waals surface area contributed by atoms with E-state index in [1.165, 1.54) is 0 Å². The highest BCUT2D eigenvalue weighted by Crippen LogP contribution is 2.35. The summed E-state index contributed by atoms with van der Waals surface area (Å²) in [6, 6.07) is 0. The second-order valence-electron chi connectivity index (χ2n) is 4.04. The van der Waals surface area contributed by atoms with Crippen LogP contribution in [0.3, 0.4) is 0 Å². The Balaban J connectivity index is 2.56. The molecular formula is C11H14N4O2. The lowest BCUT2D eigenvalue weighted by Gasteiger charge is -2.35. The fourth-order valence-electron chi connectivity index (χ4n) is 2.27. The van der Waals surface area contributed by atoms with Crippen molar-refractivity contribution in [3.05, 3.63) is 30.1 Å². The third-order valence-electron chi connectivity index (χ3n) is 3.19. The van der Waals surface area contributed by atoms with Crippen molar-refractivity contribution in [2.75, 3.05) is 0 Å². The van der Waals surface area contributed by atoms with Crippen LogP contribution in [0.5, 0.6) is 0 Å². The molecule has 0 aliphatic heterocycles. The number of carboxylic acid groups (broad SMARTS) is 1. The van der Waals surface area contributed by atoms with E-state index >= 15 is 0 Å². The number of aryl methyl sites for hydroxylation is 1. The zero-order chi connectivity index (χ0) is 12.5. The predicted octanol–water partition coefficient (Wildman–Crippen LogP) is 0.914. The Kier molecular flexibility index (Phi) is 2.79. The normalized spacial score (nSPS) is 27.3. The van der Waals surface area contributed by atoms with Crippen LogP contribution in [-0.4, -0.2) is 31.3 Å². The molecule has 6 nitrogen and oxygen atoms in total. The molecule has 6 heteroatoms. The molecule has 1 aliphatic carbocycles. The number of carboxylic acids is 1. The van der Waals surface area contributed by atoms with E-state index in [0.717, 1.165) is 0 Å². The van der Waals surface area contributed by atoms with E-state index in [-0.39, 0.29) is 0 Å². The Hall–Kier alpha value is -1.98. The van der Waals surface area contributed by atoms with E-state index < -0.39 is 17.4 Å². The highest BCUT2D eigenvalue weighted by atomic mass is 16.4. The third-order valence-corrected chi connectivity index (χ3v) is 3.19. The van der Waals surface area contributed by atoms with Crippen molar-refractivity contribution in [1.29, 1.82) is 0 Å². The van der Waals surface area contributed by atoms with Gasteiger partial charge in [-0.05, 0) is 23.8 Å². The van der Waals surface area contributed by atoms with Gasteiger partial charge in [-0.15, -0.1) is 5.10 Å². The minimum atomic E-state index is -0.873. The average Bonchev–Trinajstić information content (AvgIpc) is 2.75. The molecule has 0 amide bonds. The first-order chi connectivity index (χ1) is 8.12. The Morgan fingerprint density at radius 1 is 1.59 bits per heavy atom. The number of carbonyl (C=O) groups is 1. The highest BCUT2D eigenvalue weighted by molar-refractivity contribution is 5.74. The number of aromatic nitrogens is 4. The topological polar surface area (TPSA) is 80.9 Å². The fraction of sp³-hybridized carbons (Fsp3) is 0.455. The van der Waals surface area contributed by atoms with E-state index in [1.54, 1.807) is 23.8 Å². The number of rotatable bonds is 3. The number of allylic oxidation sites excluding steroid dienone is 3. The lowest BCUT2D eigenvalue weighted by molar-refractivity contribution is -0.143. The molecular weight excluding hydrogens is 220 g/mol. The van der Waals surface area contributed by atoms with Gasteiger partial charge in [0.25, 0.3) is 0 Å². The van der Waals surface area contributed by atoms with Crippen molar-refractivity contribution in [2.45, 2.75) is 25.8 Å². The second kappa shape index (κ2) is 4.12. The molecule has 0 spiro atoms. The highest BCUT2D eigenvalue weighted by Gasteiger charge is 2.43. The molecule has 1 N–H and O–H groups in total. The lowest BCUT2D eigenvalue weighted by atomic mass is 9.78. The number of aliphatic carboxylic acids is 1. The largest absolute Gasteiger partial charge is 0.481 e. The van der Waals surface area contributed by atoms with Gasteiger partial charge >= 0.3 is 5.97 Å². The summed E-state index contributed by atoms with van der Waals surface area (Å²) < 4.78 is 1.59. The maximum absolute atomic E-state index is 11.4. The Bertz CT molecular complexity index is 491. The fourth-order valence-corrected chi connectivity index (χ4v) is 2.27. The van der Waals surface area contributed by atoms with E-state index in [0.29, 0.717) is 12.2 Å². The molecule has 1 aromatic heterocycles. The number of tetrazole rings is 1. The molecule has 0 aromatic carbocycles. The van der Waals surface area contributed by atoms with E-state index in [9.17, 15) is 9.90 Å². The molecule has 0 saturated heterocycles. The summed E-state index contributed by atoms with van der Waals surface area (Å²) in [5, 5.41) is 20.7. The van der Waals surface area contributed by atoms with E-state index in [4.69, 9.17) is 0 Å². The summed E-state index contributed by atoms with van der Waals surface area (Å²) in [5.41, 5.74) is -0.714. The monoisotopic (exact) mass is 234 g/mol. The van der Waals surface area contributed by atoms with Crippen LogP contribution in [0, 0.1) is 12.8 Å². The summed E-state index contributed by atoms with van der Waals surface area (Å²) in [7, 11) is 0. The van der Waals surface area contributed by atoms with Gasteiger partial charge in [-0.2, -0.15) is 0 Å². The molecule has 0 radical (unpaired) electrons. The van der Waals surface area contributed by atoms with Gasteiger partial charge in [0.2, 0.25) is 0 Å². The maximum atomic E-state index is 11.4. The quantitative estimate of drug-likeness (QED) is 0.840. The summed E-state index contributed by atoms with van der Waals surface area (Å²) in [6.45, 7) is 3.70. The van der Waals surface area contributed by atoms with Crippen molar-refractivity contribution in [2.24, 2.45) is 5.92 Å². The molecule has 2 unspecified atom stereocenters. The lowest BCUT2D eigenvalue weighted by Crippen LogP contribution is -2.44. The molecule has 0 bridgehead atoms. The summed E-state index contributed by atoms with van der Waals surface area (Å²) >= 11 is 0. The van der Waals surface area contributed by atoms with Gasteiger partial charge in [-0.1, -0.05) is 31.2 Å². The molecule has 1 heterocycles. The first kappa shape index (κ1) is 11.5. The van der Waals surface area contributed by atoms with Crippen LogP contribution < -0.4 is 0 Å². The van der Waals surface area contributed by atoms with Crippen molar-refractivity contribution >= 4 is 5.97 Å². The standard InChI is InChI=1S/C11H14N4O2/c1-3-11(15-8(2)12-13-14-15)7-5-4-6-9(11)10(16)17/h4-7,9H,3H2,1-2H3,(H,16,17). The molecule has 0 fully saturated rings. The maximum Gasteiger partial charge on any atom is 0.313 e. The minimum absolute atomic E-state index is 0.608. The van der Waals surface area contributed by atoms with Crippen LogP contribution in [0.2, 0.25) is 0 Å². The van der Waals surface area contributed by atoms with Gasteiger partial charge in [0.15, 0.2) is 0 Å². The Morgan fingerprint density at radius 2 is 2.35 bits per heavy atom. The molecule has 0 saturated carbocycles. The van der Waals surface area contributed by atoms with Gasteiger partial charge in [0.1, 0.15) is 17.3 Å². The minimum Gasteiger partial charge on any atom is -0.481 e. The van der Waals surface area contributed by atoms with Crippen molar-refractivity contribution in [1.82, 2.24) is 20.2 Å². The van der Waals surface area contributed by atoms with Crippen LogP contribution in [0.25, 0.3) is 0 Å². The van der Waals surface area contributed by atoms with Crippen LogP contribution in [0.15, 0.2) is 24.3 Å². The number of hydrogen-bond donors (Lipinski definition) is 1. The van der Waals surface area contributed by atoms with Gasteiger partial charge in [-0.25, -0.2) is 4.68 Å². The predicted molar refractivity (Wildman–Crippen MR) is 60.2 cm³/mol. The molecule has 1 aromatic rings. The van der Waals surface area contributed by atoms with E-state index in [2.05, 4.69) is 15.5 Å². The first-order valence-electron chi connectivity index (χ1n) is 5.46. The second-order valence-corrected chi connectivity index (χ2v) is 4.04. The van der Waals surface area contributed by atoms with Crippen molar-refractivity contribution in [3.63, 3.8) is 0 Å². The molecule has 2 atom stereocenters. The zero-order valence-electron chi connectivity index (χ0n) is 9.74. The van der Waals surface area contributed by atoms with Gasteiger partial charge < -0.3 is 5.11 Å². The molecule has 90 valence electrons. The molecule has 17 heavy (non-hydrogen) atoms. The van der Waals surface area contributed by atoms with Crippen LogP contribution in [0.1, 0.15) is 19.2 Å². The Labute approximate surface area is 98.6 Å². The number of nitrogens with zero attached hydrogens (tertiary/aromatic N) is 4. The summed E-state index contributed by atoms with van der Waals surface area (Å²) in [5.74, 6) is -0.917. The van der Waals surface area contributed by atoms with Crippen molar-refractivity contribution in [3.8, 4) is 0 Å². The molecule has 2 rings (SSSR count). The first-order valence-corrected chi connectivity index (χ1v) is 5.46. The summed E-state index contributed by atoms with van der Waals surface area (Å²) in [6.07, 6.45) is 7.72. The molecule has 1 aliphatic rings. The zero-order valence-corrected chi connectivity index (χ0v) is 9.74. The van der Waals surface area contributed by atoms with Gasteiger partial charge in [0, 0.05) is 0 Å². The third kappa shape index (κ3) is 1.65. The van der Waals surface area contributed by atoms with E-state index in [1.807, 2.05) is 19.1 Å². The van der Waals surface area contributed by atoms with Crippen LogP contribution >= 0.6 is 0 Å². The summed E-state index contributed by atoms with van der Waals surface area (Å²) in [4.78, 5) is 11.4. The van der Waals surface area contributed by atoms with Crippen LogP contribution in [-0.2, 0) is 10.3 Å². The number of hydrogen-bond acceptors (Lipinski definition) is 4. The van der Waals surface area contributed by atoms with Gasteiger partial charge in [-0.3, -0.25) is 4.79 Å². The van der Waals surface area contributed by atoms with Crippen LogP contribution in [0.4, 0.5) is 0 Å². The Morgan fingerprint density at radius 3 is 2.88 bits per heavy atom.